The van der Waals surface area contributed by atoms with Gasteiger partial charge in [0, 0.05) is 11.3 Å². The van der Waals surface area contributed by atoms with Crippen LogP contribution >= 0.6 is 23.2 Å². The summed E-state index contributed by atoms with van der Waals surface area (Å²) < 4.78 is 27.2. The van der Waals surface area contributed by atoms with Gasteiger partial charge in [-0.15, -0.1) is 5.10 Å². The van der Waals surface area contributed by atoms with Crippen molar-refractivity contribution in [2.75, 3.05) is 10.6 Å². The van der Waals surface area contributed by atoms with Crippen molar-refractivity contribution in [3.05, 3.63) is 66.5 Å². The molecule has 2 amide bonds. The van der Waals surface area contributed by atoms with Crippen molar-refractivity contribution in [3.8, 4) is 17.2 Å². The molecule has 1 spiro atoms. The zero-order chi connectivity index (χ0) is 28.3. The Morgan fingerprint density at radius 2 is 1.82 bits per heavy atom. The topological polar surface area (TPSA) is 144 Å². The van der Waals surface area contributed by atoms with Crippen molar-refractivity contribution < 1.29 is 23.5 Å². The normalized spacial score (nSPS) is 15.4. The van der Waals surface area contributed by atoms with E-state index in [4.69, 9.17) is 32.7 Å². The average molecular weight is 578 g/mol. The third-order valence-electron chi connectivity index (χ3n) is 6.36. The van der Waals surface area contributed by atoms with Gasteiger partial charge in [-0.25, -0.2) is 14.0 Å². The predicted octanol–water partition coefficient (Wildman–Crippen LogP) is 4.88. The first-order valence-corrected chi connectivity index (χ1v) is 12.6. The zero-order valence-corrected chi connectivity index (χ0v) is 22.4. The summed E-state index contributed by atoms with van der Waals surface area (Å²) in [5, 5.41) is 8.59. The summed E-state index contributed by atoms with van der Waals surface area (Å²) in [4.78, 5) is 51.3. The number of halogens is 3. The fourth-order valence-corrected chi connectivity index (χ4v) is 5.06. The van der Waals surface area contributed by atoms with Crippen LogP contribution in [0.1, 0.15) is 45.6 Å². The fourth-order valence-electron chi connectivity index (χ4n) is 4.50. The van der Waals surface area contributed by atoms with Gasteiger partial charge < -0.3 is 14.8 Å². The van der Waals surface area contributed by atoms with Crippen LogP contribution in [0.15, 0.2) is 33.9 Å². The maximum absolute atomic E-state index is 15.6. The second-order valence-electron chi connectivity index (χ2n) is 10.2. The molecule has 1 aliphatic carbocycles. The number of rotatable bonds is 4. The lowest BCUT2D eigenvalue weighted by atomic mass is 9.65. The summed E-state index contributed by atoms with van der Waals surface area (Å²) in [6.45, 7) is 4.90. The lowest BCUT2D eigenvalue weighted by molar-refractivity contribution is -0.123. The average Bonchev–Trinajstić information content (AvgIpc) is 3.11. The number of ether oxygens (including phenoxy) is 2. The molecule has 0 saturated heterocycles. The van der Waals surface area contributed by atoms with Gasteiger partial charge in [-0.2, -0.15) is 4.68 Å². The molecule has 11 nitrogen and oxygen atoms in total. The maximum atomic E-state index is 15.6. The highest BCUT2D eigenvalue weighted by Crippen LogP contribution is 2.53. The molecule has 1 aromatic heterocycles. The Kier molecular flexibility index (Phi) is 6.42. The van der Waals surface area contributed by atoms with E-state index in [1.807, 2.05) is 4.98 Å². The van der Waals surface area contributed by atoms with Crippen LogP contribution in [0.4, 0.5) is 20.7 Å². The highest BCUT2D eigenvalue weighted by molar-refractivity contribution is 6.37. The molecule has 1 aliphatic heterocycles. The van der Waals surface area contributed by atoms with E-state index in [1.165, 1.54) is 18.2 Å². The lowest BCUT2D eigenvalue weighted by Gasteiger charge is -2.36. The van der Waals surface area contributed by atoms with E-state index >= 15 is 4.39 Å². The number of nitrogens with zero attached hydrogens (tertiary/aromatic N) is 2. The first-order chi connectivity index (χ1) is 18.3. The molecule has 0 unspecified atom stereocenters. The Bertz CT molecular complexity index is 1640. The Morgan fingerprint density at radius 1 is 1.15 bits per heavy atom. The van der Waals surface area contributed by atoms with Gasteiger partial charge in [0.2, 0.25) is 11.7 Å². The number of hydrogen-bond acceptors (Lipinski definition) is 7. The maximum Gasteiger partial charge on any atom is 0.413 e. The van der Waals surface area contributed by atoms with Gasteiger partial charge in [0.15, 0.2) is 17.3 Å². The molecule has 5 rings (SSSR count). The van der Waals surface area contributed by atoms with Crippen LogP contribution in [-0.2, 0) is 14.9 Å². The first-order valence-electron chi connectivity index (χ1n) is 11.8. The van der Waals surface area contributed by atoms with E-state index in [1.54, 1.807) is 26.8 Å². The van der Waals surface area contributed by atoms with Crippen LogP contribution in [0, 0.1) is 5.82 Å². The summed E-state index contributed by atoms with van der Waals surface area (Å²) in [6, 6.07) is 5.43. The number of carbonyl (C=O) groups excluding carboxylic acids is 2. The molecule has 204 valence electrons. The molecule has 14 heteroatoms. The van der Waals surface area contributed by atoms with Crippen LogP contribution in [0.5, 0.6) is 11.5 Å². The number of aromatic amines is 1. The van der Waals surface area contributed by atoms with Crippen LogP contribution in [0.2, 0.25) is 10.0 Å². The summed E-state index contributed by atoms with van der Waals surface area (Å²) in [5.74, 6) is -1.73. The second kappa shape index (κ2) is 9.38. The SMILES string of the molecule is CC(C)(C)OC(=O)Nc1nn(-c2cc(Cl)c(Oc3ccc4c(c3F)C3(CCC3)C(=O)N4)c(Cl)c2)c(=O)[nH]c1=O. The zero-order valence-electron chi connectivity index (χ0n) is 20.9. The number of amides is 2. The molecule has 2 aromatic carbocycles. The monoisotopic (exact) mass is 577 g/mol. The Balaban J connectivity index is 1.47. The minimum absolute atomic E-state index is 0.0171. The summed E-state index contributed by atoms with van der Waals surface area (Å²) >= 11 is 12.8. The number of benzene rings is 2. The van der Waals surface area contributed by atoms with E-state index in [0.29, 0.717) is 18.5 Å². The number of hydrogen-bond donors (Lipinski definition) is 3. The van der Waals surface area contributed by atoms with Gasteiger partial charge >= 0.3 is 11.8 Å². The van der Waals surface area contributed by atoms with Gasteiger partial charge in [0.05, 0.1) is 21.1 Å². The largest absolute Gasteiger partial charge is 0.451 e. The van der Waals surface area contributed by atoms with Gasteiger partial charge in [0.1, 0.15) is 5.60 Å². The number of nitrogens with one attached hydrogen (secondary N) is 3. The molecule has 3 aromatic rings. The summed E-state index contributed by atoms with van der Waals surface area (Å²) in [7, 11) is 0. The second-order valence-corrected chi connectivity index (χ2v) is 11.0. The minimum Gasteiger partial charge on any atom is -0.451 e. The summed E-state index contributed by atoms with van der Waals surface area (Å²) in [6.07, 6.45) is 0.925. The van der Waals surface area contributed by atoms with Crippen molar-refractivity contribution >= 4 is 46.7 Å². The molecule has 2 aliphatic rings. The van der Waals surface area contributed by atoms with Crippen LogP contribution in [-0.4, -0.2) is 32.4 Å². The van der Waals surface area contributed by atoms with E-state index in [-0.39, 0.29) is 38.7 Å². The highest BCUT2D eigenvalue weighted by Gasteiger charge is 2.53. The Morgan fingerprint density at radius 3 is 2.41 bits per heavy atom. The van der Waals surface area contributed by atoms with E-state index in [9.17, 15) is 19.2 Å². The van der Waals surface area contributed by atoms with Crippen molar-refractivity contribution in [2.24, 2.45) is 0 Å². The van der Waals surface area contributed by atoms with E-state index in [2.05, 4.69) is 15.7 Å². The van der Waals surface area contributed by atoms with Crippen molar-refractivity contribution in [3.63, 3.8) is 0 Å². The smallest absolute Gasteiger partial charge is 0.413 e. The molecule has 0 atom stereocenters. The molecule has 1 fully saturated rings. The molecule has 39 heavy (non-hydrogen) atoms. The third kappa shape index (κ3) is 4.74. The molecule has 2 heterocycles. The van der Waals surface area contributed by atoms with Crippen molar-refractivity contribution in [1.29, 1.82) is 0 Å². The molecular weight excluding hydrogens is 556 g/mol. The first kappa shape index (κ1) is 26.7. The number of anilines is 2. The van der Waals surface area contributed by atoms with Crippen molar-refractivity contribution in [1.82, 2.24) is 14.8 Å². The number of fused-ring (bicyclic) bond motifs is 2. The van der Waals surface area contributed by atoms with E-state index in [0.717, 1.165) is 11.1 Å². The lowest BCUT2D eigenvalue weighted by Crippen LogP contribution is -2.41. The summed E-state index contributed by atoms with van der Waals surface area (Å²) in [5.41, 5.74) is -2.97. The molecule has 1 saturated carbocycles. The van der Waals surface area contributed by atoms with Crippen LogP contribution in [0.25, 0.3) is 5.69 Å². The predicted molar refractivity (Wildman–Crippen MR) is 141 cm³/mol. The Hall–Kier alpha value is -3.90. The molecule has 0 radical (unpaired) electrons. The number of aromatic nitrogens is 3. The van der Waals surface area contributed by atoms with Crippen molar-refractivity contribution in [2.45, 2.75) is 51.0 Å². The van der Waals surface area contributed by atoms with Crippen LogP contribution in [0.3, 0.4) is 0 Å². The minimum atomic E-state index is -0.956. The quantitative estimate of drug-likeness (QED) is 0.400. The van der Waals surface area contributed by atoms with Crippen LogP contribution < -0.4 is 26.6 Å². The molecule has 3 N–H and O–H groups in total. The van der Waals surface area contributed by atoms with Gasteiger partial charge in [-0.1, -0.05) is 29.6 Å². The number of carbonyl (C=O) groups is 2. The number of H-pyrrole nitrogens is 1. The Labute approximate surface area is 230 Å². The molecule has 0 bridgehead atoms. The standard InChI is InChI=1S/C25H22Cl2FN5O6/c1-24(2,3)39-23(37)30-19-20(34)31-22(36)33(32-19)11-9-12(26)18(13(27)10-11)38-15-6-5-14-16(17(15)28)25(7-4-8-25)21(35)29-14/h5-6,9-10H,4,7-8H2,1-3H3,(H,29,35)(H,30,32,37)(H,31,34,36). The van der Waals surface area contributed by atoms with Gasteiger partial charge in [0.25, 0.3) is 5.56 Å². The van der Waals surface area contributed by atoms with Gasteiger partial charge in [-0.05, 0) is 57.9 Å². The highest BCUT2D eigenvalue weighted by atomic mass is 35.5. The molecular formula is C25H22Cl2FN5O6. The van der Waals surface area contributed by atoms with E-state index < -0.39 is 40.0 Å². The fraction of sp³-hybridized carbons (Fsp3) is 0.320. The third-order valence-corrected chi connectivity index (χ3v) is 6.92. The van der Waals surface area contributed by atoms with Gasteiger partial charge in [-0.3, -0.25) is 19.9 Å².